The molecule has 284 valence electrons. The summed E-state index contributed by atoms with van der Waals surface area (Å²) in [5.74, 6) is 4.73. The largest absolute Gasteiger partial charge is 0.485 e. The molecular weight excluding hydrogens is 685 g/mol. The van der Waals surface area contributed by atoms with Crippen LogP contribution in [0, 0.1) is 29.6 Å². The van der Waals surface area contributed by atoms with Gasteiger partial charge in [-0.15, -0.1) is 0 Å². The first-order valence-corrected chi connectivity index (χ1v) is 21.7. The van der Waals surface area contributed by atoms with Gasteiger partial charge in [-0.05, 0) is 84.6 Å². The van der Waals surface area contributed by atoms with Gasteiger partial charge in [-0.2, -0.15) is 0 Å². The maximum absolute atomic E-state index is 7.14. The first kappa shape index (κ1) is 34.4. The number of aliphatic imine (C=N–C) groups is 1. The molecular formula is C51H54N4O. The van der Waals surface area contributed by atoms with E-state index in [1.54, 1.807) is 0 Å². The van der Waals surface area contributed by atoms with E-state index in [0.717, 1.165) is 31.4 Å². The average molecular weight is 739 g/mol. The third-order valence-electron chi connectivity index (χ3n) is 14.3. The van der Waals surface area contributed by atoms with Gasteiger partial charge >= 0.3 is 0 Å². The topological polar surface area (TPSA) is 48.9 Å². The Labute approximate surface area is 332 Å². The number of ether oxygens (including phenoxy) is 1. The Kier molecular flexibility index (Phi) is 8.95. The summed E-state index contributed by atoms with van der Waals surface area (Å²) < 4.78 is 7.14. The van der Waals surface area contributed by atoms with Crippen LogP contribution in [0.1, 0.15) is 86.6 Å². The van der Waals surface area contributed by atoms with Gasteiger partial charge in [0.1, 0.15) is 23.9 Å². The van der Waals surface area contributed by atoms with Crippen LogP contribution in [0.25, 0.3) is 5.57 Å². The van der Waals surface area contributed by atoms with E-state index >= 15 is 0 Å². The summed E-state index contributed by atoms with van der Waals surface area (Å²) in [6, 6.07) is 21.0. The lowest BCUT2D eigenvalue weighted by Gasteiger charge is -2.43. The molecule has 5 heteroatoms. The maximum atomic E-state index is 7.14. The van der Waals surface area contributed by atoms with Crippen molar-refractivity contribution in [1.82, 2.24) is 15.5 Å². The van der Waals surface area contributed by atoms with Gasteiger partial charge in [-0.25, -0.2) is 4.99 Å². The Hall–Kier alpha value is -4.87. The van der Waals surface area contributed by atoms with Crippen molar-refractivity contribution < 1.29 is 4.74 Å². The van der Waals surface area contributed by atoms with Gasteiger partial charge in [-0.1, -0.05) is 141 Å². The normalized spacial score (nSPS) is 35.5. The fourth-order valence-corrected chi connectivity index (χ4v) is 11.6. The van der Waals surface area contributed by atoms with Crippen LogP contribution in [0.4, 0.5) is 0 Å². The zero-order valence-corrected chi connectivity index (χ0v) is 32.3. The quantitative estimate of drug-likeness (QED) is 0.310. The third kappa shape index (κ3) is 6.05. The second-order valence-corrected chi connectivity index (χ2v) is 17.4. The molecule has 3 aliphatic heterocycles. The molecule has 6 aliphatic carbocycles. The molecule has 1 saturated carbocycles. The summed E-state index contributed by atoms with van der Waals surface area (Å²) in [7, 11) is 0. The Balaban J connectivity index is 0.961. The number of fused-ring (bicyclic) bond motifs is 6. The molecule has 0 amide bonds. The lowest BCUT2D eigenvalue weighted by molar-refractivity contribution is 0.108. The molecule has 2 aromatic rings. The number of hydrogen-bond donors (Lipinski definition) is 2. The lowest BCUT2D eigenvalue weighted by atomic mass is 9.68. The summed E-state index contributed by atoms with van der Waals surface area (Å²) in [5.41, 5.74) is 8.16. The van der Waals surface area contributed by atoms with Gasteiger partial charge in [0.2, 0.25) is 0 Å². The Morgan fingerprint density at radius 1 is 0.786 bits per heavy atom. The van der Waals surface area contributed by atoms with Crippen molar-refractivity contribution in [3.63, 3.8) is 0 Å². The molecule has 56 heavy (non-hydrogen) atoms. The van der Waals surface area contributed by atoms with E-state index in [1.165, 1.54) is 71.5 Å². The highest BCUT2D eigenvalue weighted by Crippen LogP contribution is 2.57. The lowest BCUT2D eigenvalue weighted by Crippen LogP contribution is -2.56. The van der Waals surface area contributed by atoms with Crippen LogP contribution in [0.5, 0.6) is 0 Å². The van der Waals surface area contributed by atoms with Crippen LogP contribution >= 0.6 is 0 Å². The molecule has 0 bridgehead atoms. The standard InChI is InChI=1S/C51H54N4O/c1-4-15-33(16-5-1)34-27-29-39(30-28-34)55-44-25-12-10-23-40(44)43-32-42(48-46(47(43)55)41-24-11-13-26-45(41)56-48)37-21-14-22-38(31-37)51-53-49(35-17-6-2-7-18-35)52-50(54-51)36-19-8-3-9-20-36/h1-2,4-7,10,12-17,21-23,25-27,29-32,34-36,40,43-44,46-49,51,53H,3,8-9,11,18-20,24,28H2,(H,52,54). The van der Waals surface area contributed by atoms with Gasteiger partial charge in [-0.3, -0.25) is 5.32 Å². The van der Waals surface area contributed by atoms with Crippen molar-refractivity contribution >= 4 is 11.4 Å². The smallest absolute Gasteiger partial charge is 0.133 e. The molecule has 2 N–H and O–H groups in total. The van der Waals surface area contributed by atoms with Crippen LogP contribution < -0.4 is 10.6 Å². The molecule has 11 rings (SSSR count). The van der Waals surface area contributed by atoms with Gasteiger partial charge in [0, 0.05) is 47.2 Å². The van der Waals surface area contributed by atoms with E-state index < -0.39 is 0 Å². The fraction of sp³-hybridized carbons (Fsp3) is 0.392. The number of rotatable bonds is 6. The summed E-state index contributed by atoms with van der Waals surface area (Å²) in [6.45, 7) is 0. The first-order valence-electron chi connectivity index (χ1n) is 21.7. The minimum Gasteiger partial charge on any atom is -0.485 e. The second-order valence-electron chi connectivity index (χ2n) is 17.4. The van der Waals surface area contributed by atoms with Gasteiger partial charge < -0.3 is 15.0 Å². The van der Waals surface area contributed by atoms with Crippen LogP contribution in [0.3, 0.4) is 0 Å². The number of nitrogens with one attached hydrogen (secondary N) is 2. The summed E-state index contributed by atoms with van der Waals surface area (Å²) in [5, 5.41) is 7.87. The fourth-order valence-electron chi connectivity index (χ4n) is 11.6. The van der Waals surface area contributed by atoms with E-state index in [1.807, 2.05) is 0 Å². The summed E-state index contributed by atoms with van der Waals surface area (Å²) in [6.07, 6.45) is 43.9. The Morgan fingerprint density at radius 3 is 2.52 bits per heavy atom. The number of allylic oxidation sites excluding steroid dienone is 10. The molecule has 10 atom stereocenters. The highest BCUT2D eigenvalue weighted by Gasteiger charge is 2.58. The van der Waals surface area contributed by atoms with Crippen molar-refractivity contribution in [2.24, 2.45) is 34.6 Å². The Bertz CT molecular complexity index is 2160. The van der Waals surface area contributed by atoms with E-state index in [4.69, 9.17) is 9.73 Å². The number of amidine groups is 1. The summed E-state index contributed by atoms with van der Waals surface area (Å²) in [4.78, 5) is 8.28. The van der Waals surface area contributed by atoms with Crippen molar-refractivity contribution in [3.8, 4) is 0 Å². The summed E-state index contributed by atoms with van der Waals surface area (Å²) >= 11 is 0. The first-order chi connectivity index (χ1) is 27.8. The molecule has 10 unspecified atom stereocenters. The van der Waals surface area contributed by atoms with Crippen LogP contribution in [-0.4, -0.2) is 35.1 Å². The monoisotopic (exact) mass is 738 g/mol. The zero-order valence-electron chi connectivity index (χ0n) is 32.3. The molecule has 2 fully saturated rings. The zero-order chi connectivity index (χ0) is 37.0. The van der Waals surface area contributed by atoms with E-state index in [-0.39, 0.29) is 18.4 Å². The van der Waals surface area contributed by atoms with Crippen LogP contribution in [0.2, 0.25) is 0 Å². The molecule has 9 aliphatic rings. The highest BCUT2D eigenvalue weighted by molar-refractivity contribution is 5.86. The Morgan fingerprint density at radius 2 is 1.66 bits per heavy atom. The van der Waals surface area contributed by atoms with E-state index in [2.05, 4.69) is 155 Å². The molecule has 2 aromatic carbocycles. The number of likely N-dealkylation sites (tertiary alicyclic amines) is 1. The molecule has 3 heterocycles. The van der Waals surface area contributed by atoms with E-state index in [9.17, 15) is 0 Å². The molecule has 0 radical (unpaired) electrons. The van der Waals surface area contributed by atoms with Crippen molar-refractivity contribution in [2.75, 3.05) is 0 Å². The highest BCUT2D eigenvalue weighted by atomic mass is 16.5. The number of nitrogens with zero attached hydrogens (tertiary/aromatic N) is 2. The number of benzene rings is 2. The predicted molar refractivity (Wildman–Crippen MR) is 227 cm³/mol. The van der Waals surface area contributed by atoms with Crippen LogP contribution in [0.15, 0.2) is 162 Å². The minimum atomic E-state index is -0.0913. The average Bonchev–Trinajstić information content (AvgIpc) is 3.83. The van der Waals surface area contributed by atoms with Crippen LogP contribution in [-0.2, 0) is 4.74 Å². The maximum Gasteiger partial charge on any atom is 0.133 e. The molecule has 0 aromatic heterocycles. The molecule has 1 saturated heterocycles. The predicted octanol–water partition coefficient (Wildman–Crippen LogP) is 10.4. The number of hydrogen-bond acceptors (Lipinski definition) is 5. The molecule has 5 nitrogen and oxygen atoms in total. The van der Waals surface area contributed by atoms with Gasteiger partial charge in [0.25, 0.3) is 0 Å². The van der Waals surface area contributed by atoms with Gasteiger partial charge in [0.15, 0.2) is 0 Å². The van der Waals surface area contributed by atoms with Crippen molar-refractivity contribution in [1.29, 1.82) is 0 Å². The second kappa shape index (κ2) is 14.6. The minimum absolute atomic E-state index is 0.0192. The third-order valence-corrected chi connectivity index (χ3v) is 14.3. The molecule has 0 spiro atoms. The van der Waals surface area contributed by atoms with E-state index in [0.29, 0.717) is 47.6 Å². The SMILES string of the molecule is C1=CCC(C2NC(C3CCCCC3)=NC(c3cccc(C4=CC5C6C=CC=CC6N(C6=CCC(c7ccccc7)C=C6)C5C5C6=C(C=CCC6)OC45)c3)N2)C=C1. The van der Waals surface area contributed by atoms with Crippen molar-refractivity contribution in [2.45, 2.75) is 94.2 Å². The van der Waals surface area contributed by atoms with Crippen molar-refractivity contribution in [3.05, 3.63) is 173 Å². The van der Waals surface area contributed by atoms with Gasteiger partial charge in [0.05, 0.1) is 12.2 Å².